The Morgan fingerprint density at radius 1 is 1.22 bits per heavy atom. The van der Waals surface area contributed by atoms with E-state index in [2.05, 4.69) is 45.1 Å². The summed E-state index contributed by atoms with van der Waals surface area (Å²) in [5.41, 5.74) is 13.2. The molecule has 1 aromatic rings. The van der Waals surface area contributed by atoms with Gasteiger partial charge in [-0.3, -0.25) is 0 Å². The van der Waals surface area contributed by atoms with E-state index in [1.165, 1.54) is 18.4 Å². The Labute approximate surface area is 118 Å². The van der Waals surface area contributed by atoms with E-state index in [9.17, 15) is 0 Å². The van der Waals surface area contributed by atoms with Gasteiger partial charge in [-0.25, -0.2) is 0 Å². The maximum absolute atomic E-state index is 6.38. The Kier molecular flexibility index (Phi) is 5.18. The molecule has 0 aliphatic carbocycles. The standard InChI is InChI=1S/C14H22BrN3/c15-13-3-1-11(2-4-13)14(17)12-5-8-18(9-6-12)10-7-16/h1-4,12,14H,5-10,16-17H2. The van der Waals surface area contributed by atoms with Gasteiger partial charge in [0.15, 0.2) is 0 Å². The van der Waals surface area contributed by atoms with Crippen LogP contribution < -0.4 is 11.5 Å². The van der Waals surface area contributed by atoms with Gasteiger partial charge in [-0.1, -0.05) is 28.1 Å². The molecule has 0 saturated carbocycles. The minimum Gasteiger partial charge on any atom is -0.329 e. The Hall–Kier alpha value is -0.420. The zero-order chi connectivity index (χ0) is 13.0. The molecule has 1 atom stereocenters. The summed E-state index contributed by atoms with van der Waals surface area (Å²) in [4.78, 5) is 2.44. The van der Waals surface area contributed by atoms with Crippen LogP contribution in [0, 0.1) is 5.92 Å². The summed E-state index contributed by atoms with van der Waals surface area (Å²) in [5.74, 6) is 0.597. The smallest absolute Gasteiger partial charge is 0.0324 e. The SMILES string of the molecule is NCCN1CCC(C(N)c2ccc(Br)cc2)CC1. The van der Waals surface area contributed by atoms with Crippen molar-refractivity contribution in [2.45, 2.75) is 18.9 Å². The van der Waals surface area contributed by atoms with Crippen molar-refractivity contribution in [2.75, 3.05) is 26.2 Å². The highest BCUT2D eigenvalue weighted by molar-refractivity contribution is 9.10. The zero-order valence-electron chi connectivity index (χ0n) is 10.7. The lowest BCUT2D eigenvalue weighted by atomic mass is 9.86. The summed E-state index contributed by atoms with van der Waals surface area (Å²) in [7, 11) is 0. The summed E-state index contributed by atoms with van der Waals surface area (Å²) in [5, 5.41) is 0. The number of hydrogen-bond acceptors (Lipinski definition) is 3. The number of rotatable bonds is 4. The lowest BCUT2D eigenvalue weighted by Crippen LogP contribution is -2.39. The average Bonchev–Trinajstić information content (AvgIpc) is 2.40. The second kappa shape index (κ2) is 6.66. The predicted octanol–water partition coefficient (Wildman–Crippen LogP) is 2.12. The van der Waals surface area contributed by atoms with Gasteiger partial charge in [-0.05, 0) is 49.5 Å². The normalized spacial score (nSPS) is 19.9. The van der Waals surface area contributed by atoms with Crippen molar-refractivity contribution >= 4 is 15.9 Å². The third kappa shape index (κ3) is 3.54. The highest BCUT2D eigenvalue weighted by Gasteiger charge is 2.24. The third-order valence-corrected chi connectivity index (χ3v) is 4.37. The van der Waals surface area contributed by atoms with E-state index >= 15 is 0 Å². The van der Waals surface area contributed by atoms with Crippen LogP contribution in [-0.4, -0.2) is 31.1 Å². The van der Waals surface area contributed by atoms with Crippen LogP contribution in [0.4, 0.5) is 0 Å². The van der Waals surface area contributed by atoms with Crippen LogP contribution in [0.5, 0.6) is 0 Å². The molecule has 3 nitrogen and oxygen atoms in total. The van der Waals surface area contributed by atoms with E-state index in [4.69, 9.17) is 11.5 Å². The van der Waals surface area contributed by atoms with Crippen molar-refractivity contribution in [1.29, 1.82) is 0 Å². The number of likely N-dealkylation sites (tertiary alicyclic amines) is 1. The molecule has 4 N–H and O–H groups in total. The molecule has 0 aromatic heterocycles. The van der Waals surface area contributed by atoms with Gasteiger partial charge in [0.05, 0.1) is 0 Å². The van der Waals surface area contributed by atoms with Crippen LogP contribution in [0.3, 0.4) is 0 Å². The molecule has 100 valence electrons. The van der Waals surface area contributed by atoms with Gasteiger partial charge in [-0.15, -0.1) is 0 Å². The number of hydrogen-bond donors (Lipinski definition) is 2. The minimum atomic E-state index is 0.165. The molecule has 0 spiro atoms. The minimum absolute atomic E-state index is 0.165. The second-order valence-electron chi connectivity index (χ2n) is 5.05. The predicted molar refractivity (Wildman–Crippen MR) is 79.3 cm³/mol. The molecule has 1 unspecified atom stereocenters. The largest absolute Gasteiger partial charge is 0.329 e. The first-order valence-corrected chi connectivity index (χ1v) is 7.43. The maximum Gasteiger partial charge on any atom is 0.0324 e. The molecule has 1 heterocycles. The van der Waals surface area contributed by atoms with E-state index in [0.29, 0.717) is 5.92 Å². The highest BCUT2D eigenvalue weighted by atomic mass is 79.9. The van der Waals surface area contributed by atoms with Crippen molar-refractivity contribution in [1.82, 2.24) is 4.90 Å². The van der Waals surface area contributed by atoms with Gasteiger partial charge in [0.25, 0.3) is 0 Å². The number of nitrogens with two attached hydrogens (primary N) is 2. The summed E-state index contributed by atoms with van der Waals surface area (Å²) in [6, 6.07) is 8.55. The van der Waals surface area contributed by atoms with E-state index < -0.39 is 0 Å². The van der Waals surface area contributed by atoms with E-state index in [1.807, 2.05) is 0 Å². The Bertz CT molecular complexity index is 358. The fourth-order valence-electron chi connectivity index (χ4n) is 2.68. The first-order chi connectivity index (χ1) is 8.70. The molecular formula is C14H22BrN3. The van der Waals surface area contributed by atoms with Gasteiger partial charge in [0.2, 0.25) is 0 Å². The summed E-state index contributed by atoms with van der Waals surface area (Å²) >= 11 is 3.46. The Morgan fingerprint density at radius 3 is 2.39 bits per heavy atom. The topological polar surface area (TPSA) is 55.3 Å². The lowest BCUT2D eigenvalue weighted by molar-refractivity contribution is 0.173. The molecule has 18 heavy (non-hydrogen) atoms. The van der Waals surface area contributed by atoms with Gasteiger partial charge in [0.1, 0.15) is 0 Å². The molecule has 1 fully saturated rings. The highest BCUT2D eigenvalue weighted by Crippen LogP contribution is 2.29. The molecule has 0 radical (unpaired) electrons. The van der Waals surface area contributed by atoms with Crippen molar-refractivity contribution < 1.29 is 0 Å². The van der Waals surface area contributed by atoms with Crippen LogP contribution in [0.1, 0.15) is 24.4 Å². The molecule has 1 aliphatic rings. The van der Waals surface area contributed by atoms with Crippen LogP contribution in [0.2, 0.25) is 0 Å². The molecular weight excluding hydrogens is 290 g/mol. The molecule has 0 amide bonds. The van der Waals surface area contributed by atoms with Crippen LogP contribution in [0.15, 0.2) is 28.7 Å². The van der Waals surface area contributed by atoms with Crippen molar-refractivity contribution in [3.8, 4) is 0 Å². The molecule has 0 bridgehead atoms. The lowest BCUT2D eigenvalue weighted by Gasteiger charge is -2.34. The molecule has 4 heteroatoms. The second-order valence-corrected chi connectivity index (χ2v) is 5.96. The summed E-state index contributed by atoms with van der Waals surface area (Å²) < 4.78 is 1.11. The van der Waals surface area contributed by atoms with Crippen LogP contribution in [0.25, 0.3) is 0 Å². The van der Waals surface area contributed by atoms with Gasteiger partial charge in [-0.2, -0.15) is 0 Å². The molecule has 1 aromatic carbocycles. The first-order valence-electron chi connectivity index (χ1n) is 6.64. The third-order valence-electron chi connectivity index (χ3n) is 3.84. The Balaban J connectivity index is 1.91. The van der Waals surface area contributed by atoms with Crippen LogP contribution in [-0.2, 0) is 0 Å². The van der Waals surface area contributed by atoms with Crippen molar-refractivity contribution in [3.05, 3.63) is 34.3 Å². The molecule has 1 saturated heterocycles. The quantitative estimate of drug-likeness (QED) is 0.895. The Morgan fingerprint density at radius 2 is 1.83 bits per heavy atom. The average molecular weight is 312 g/mol. The molecule has 1 aliphatic heterocycles. The fourth-order valence-corrected chi connectivity index (χ4v) is 2.94. The number of benzene rings is 1. The van der Waals surface area contributed by atoms with Gasteiger partial charge >= 0.3 is 0 Å². The number of halogens is 1. The van der Waals surface area contributed by atoms with Crippen LogP contribution >= 0.6 is 15.9 Å². The summed E-state index contributed by atoms with van der Waals surface area (Å²) in [6.45, 7) is 4.03. The zero-order valence-corrected chi connectivity index (χ0v) is 12.3. The van der Waals surface area contributed by atoms with E-state index in [0.717, 1.165) is 30.7 Å². The number of piperidine rings is 1. The van der Waals surface area contributed by atoms with Gasteiger partial charge in [0, 0.05) is 23.6 Å². The van der Waals surface area contributed by atoms with E-state index in [-0.39, 0.29) is 6.04 Å². The van der Waals surface area contributed by atoms with Crippen molar-refractivity contribution in [3.63, 3.8) is 0 Å². The maximum atomic E-state index is 6.38. The van der Waals surface area contributed by atoms with Crippen molar-refractivity contribution in [2.24, 2.45) is 17.4 Å². The number of nitrogens with zero attached hydrogens (tertiary/aromatic N) is 1. The fraction of sp³-hybridized carbons (Fsp3) is 0.571. The van der Waals surface area contributed by atoms with E-state index in [1.54, 1.807) is 0 Å². The first kappa shape index (κ1) is 14.0. The monoisotopic (exact) mass is 311 g/mol. The summed E-state index contributed by atoms with van der Waals surface area (Å²) in [6.07, 6.45) is 2.36. The molecule has 2 rings (SSSR count). The van der Waals surface area contributed by atoms with Gasteiger partial charge < -0.3 is 16.4 Å².